The molecule has 3 rings (SSSR count). The van der Waals surface area contributed by atoms with Crippen LogP contribution in [0.5, 0.6) is 0 Å². The highest BCUT2D eigenvalue weighted by Gasteiger charge is 2.07. The number of hydrogen-bond acceptors (Lipinski definition) is 2. The van der Waals surface area contributed by atoms with Gasteiger partial charge in [0.1, 0.15) is 5.69 Å². The van der Waals surface area contributed by atoms with Crippen molar-refractivity contribution in [2.45, 2.75) is 0 Å². The van der Waals surface area contributed by atoms with Crippen molar-refractivity contribution in [2.24, 2.45) is 0 Å². The first-order valence-corrected chi connectivity index (χ1v) is 6.55. The number of benzene rings is 2. The quantitative estimate of drug-likeness (QED) is 0.723. The standard InChI is InChI=1S/C16H12ClN3/c1-12(13-5-3-2-4-6-13)20-11-16(18-19-20)14-7-9-15(17)10-8-14/h2-11H,1H2. The Morgan fingerprint density at radius 2 is 1.70 bits per heavy atom. The molecule has 0 spiro atoms. The van der Waals surface area contributed by atoms with E-state index in [9.17, 15) is 0 Å². The molecule has 3 nitrogen and oxygen atoms in total. The Bertz CT molecular complexity index is 730. The van der Waals surface area contributed by atoms with Crippen LogP contribution >= 0.6 is 11.6 Å². The Balaban J connectivity index is 1.91. The summed E-state index contributed by atoms with van der Waals surface area (Å²) in [5.41, 5.74) is 3.57. The van der Waals surface area contributed by atoms with Gasteiger partial charge in [0.05, 0.1) is 11.9 Å². The fourth-order valence-corrected chi connectivity index (χ4v) is 2.04. The van der Waals surface area contributed by atoms with Gasteiger partial charge in [0.15, 0.2) is 0 Å². The molecule has 0 amide bonds. The highest BCUT2D eigenvalue weighted by molar-refractivity contribution is 6.30. The van der Waals surface area contributed by atoms with Crippen LogP contribution in [0.1, 0.15) is 5.56 Å². The Hall–Kier alpha value is -2.39. The van der Waals surface area contributed by atoms with Crippen LogP contribution in [0.25, 0.3) is 17.0 Å². The van der Waals surface area contributed by atoms with Crippen LogP contribution in [0.2, 0.25) is 5.02 Å². The molecule has 20 heavy (non-hydrogen) atoms. The zero-order valence-corrected chi connectivity index (χ0v) is 11.5. The smallest absolute Gasteiger partial charge is 0.113 e. The van der Waals surface area contributed by atoms with Crippen molar-refractivity contribution in [3.8, 4) is 11.3 Å². The number of nitrogens with zero attached hydrogens (tertiary/aromatic N) is 3. The largest absolute Gasteiger partial charge is 0.220 e. The summed E-state index contributed by atoms with van der Waals surface area (Å²) < 4.78 is 1.68. The van der Waals surface area contributed by atoms with Crippen molar-refractivity contribution in [1.29, 1.82) is 0 Å². The molecule has 0 aliphatic heterocycles. The summed E-state index contributed by atoms with van der Waals surface area (Å²) in [5.74, 6) is 0. The van der Waals surface area contributed by atoms with Gasteiger partial charge in [-0.15, -0.1) is 5.10 Å². The maximum absolute atomic E-state index is 5.88. The molecular weight excluding hydrogens is 270 g/mol. The molecule has 0 atom stereocenters. The molecule has 2 aromatic carbocycles. The van der Waals surface area contributed by atoms with Crippen LogP contribution in [0.3, 0.4) is 0 Å². The van der Waals surface area contributed by atoms with E-state index in [0.29, 0.717) is 5.02 Å². The second-order valence-corrected chi connectivity index (χ2v) is 4.80. The van der Waals surface area contributed by atoms with Gasteiger partial charge in [-0.25, -0.2) is 4.68 Å². The minimum atomic E-state index is 0.704. The van der Waals surface area contributed by atoms with Gasteiger partial charge < -0.3 is 0 Å². The van der Waals surface area contributed by atoms with Gasteiger partial charge in [-0.1, -0.05) is 65.9 Å². The maximum atomic E-state index is 5.88. The third kappa shape index (κ3) is 2.49. The van der Waals surface area contributed by atoms with Gasteiger partial charge in [-0.2, -0.15) is 0 Å². The van der Waals surface area contributed by atoms with Crippen LogP contribution in [0.4, 0.5) is 0 Å². The van der Waals surface area contributed by atoms with Crippen LogP contribution in [-0.4, -0.2) is 15.0 Å². The van der Waals surface area contributed by atoms with E-state index in [1.807, 2.05) is 60.8 Å². The topological polar surface area (TPSA) is 30.7 Å². The van der Waals surface area contributed by atoms with Gasteiger partial charge in [0, 0.05) is 10.6 Å². The van der Waals surface area contributed by atoms with E-state index < -0.39 is 0 Å². The normalized spacial score (nSPS) is 10.4. The Morgan fingerprint density at radius 3 is 2.40 bits per heavy atom. The van der Waals surface area contributed by atoms with E-state index in [-0.39, 0.29) is 0 Å². The van der Waals surface area contributed by atoms with Gasteiger partial charge in [-0.3, -0.25) is 0 Å². The van der Waals surface area contributed by atoms with Gasteiger partial charge >= 0.3 is 0 Å². The van der Waals surface area contributed by atoms with Crippen molar-refractivity contribution in [3.63, 3.8) is 0 Å². The Morgan fingerprint density at radius 1 is 1.00 bits per heavy atom. The summed E-state index contributed by atoms with van der Waals surface area (Å²) in [7, 11) is 0. The molecule has 0 fully saturated rings. The molecule has 98 valence electrons. The fourth-order valence-electron chi connectivity index (χ4n) is 1.91. The molecule has 0 aliphatic carbocycles. The van der Waals surface area contributed by atoms with Crippen molar-refractivity contribution in [3.05, 3.63) is 78.0 Å². The number of rotatable bonds is 3. The van der Waals surface area contributed by atoms with Crippen molar-refractivity contribution in [1.82, 2.24) is 15.0 Å². The van der Waals surface area contributed by atoms with Crippen molar-refractivity contribution in [2.75, 3.05) is 0 Å². The molecule has 0 N–H and O–H groups in total. The lowest BCUT2D eigenvalue weighted by Crippen LogP contribution is -1.97. The summed E-state index contributed by atoms with van der Waals surface area (Å²) in [5, 5.41) is 9.00. The van der Waals surface area contributed by atoms with Crippen LogP contribution in [0.15, 0.2) is 67.4 Å². The summed E-state index contributed by atoms with van der Waals surface area (Å²) in [6.45, 7) is 4.06. The van der Waals surface area contributed by atoms with Crippen LogP contribution in [-0.2, 0) is 0 Å². The van der Waals surface area contributed by atoms with E-state index >= 15 is 0 Å². The molecule has 0 saturated carbocycles. The predicted octanol–water partition coefficient (Wildman–Crippen LogP) is 4.12. The van der Waals surface area contributed by atoms with Crippen molar-refractivity contribution >= 4 is 17.3 Å². The number of halogens is 1. The second-order valence-electron chi connectivity index (χ2n) is 4.37. The van der Waals surface area contributed by atoms with Crippen molar-refractivity contribution < 1.29 is 0 Å². The van der Waals surface area contributed by atoms with Gasteiger partial charge in [0.25, 0.3) is 0 Å². The molecule has 0 unspecified atom stereocenters. The molecular formula is C16H12ClN3. The molecule has 0 radical (unpaired) electrons. The highest BCUT2D eigenvalue weighted by Crippen LogP contribution is 2.21. The average Bonchev–Trinajstić information content (AvgIpc) is 2.98. The molecule has 0 aliphatic rings. The molecule has 4 heteroatoms. The SMILES string of the molecule is C=C(c1ccccc1)n1cc(-c2ccc(Cl)cc2)nn1. The van der Waals surface area contributed by atoms with Crippen LogP contribution in [0, 0.1) is 0 Å². The van der Waals surface area contributed by atoms with E-state index in [1.54, 1.807) is 4.68 Å². The Labute approximate surface area is 122 Å². The first-order valence-electron chi connectivity index (χ1n) is 6.17. The Kier molecular flexibility index (Phi) is 3.35. The molecule has 0 saturated heterocycles. The lowest BCUT2D eigenvalue weighted by molar-refractivity contribution is 0.823. The van der Waals surface area contributed by atoms with E-state index in [4.69, 9.17) is 11.6 Å². The molecule has 1 aromatic heterocycles. The summed E-state index contributed by atoms with van der Waals surface area (Å²) >= 11 is 5.88. The lowest BCUT2D eigenvalue weighted by atomic mass is 10.1. The summed E-state index contributed by atoms with van der Waals surface area (Å²) in [6.07, 6.45) is 1.86. The number of aromatic nitrogens is 3. The van der Waals surface area contributed by atoms with Gasteiger partial charge in [0.2, 0.25) is 0 Å². The van der Waals surface area contributed by atoms with E-state index in [1.165, 1.54) is 0 Å². The zero-order chi connectivity index (χ0) is 13.9. The predicted molar refractivity (Wildman–Crippen MR) is 81.3 cm³/mol. The maximum Gasteiger partial charge on any atom is 0.113 e. The summed E-state index contributed by atoms with van der Waals surface area (Å²) in [6, 6.07) is 17.4. The first kappa shape index (κ1) is 12.6. The second kappa shape index (κ2) is 5.31. The third-order valence-corrected chi connectivity index (χ3v) is 3.27. The minimum Gasteiger partial charge on any atom is -0.220 e. The average molecular weight is 282 g/mol. The van der Waals surface area contributed by atoms with Crippen LogP contribution < -0.4 is 0 Å². The minimum absolute atomic E-state index is 0.704. The highest BCUT2D eigenvalue weighted by atomic mass is 35.5. The van der Waals surface area contributed by atoms with E-state index in [2.05, 4.69) is 16.9 Å². The molecule has 3 aromatic rings. The molecule has 1 heterocycles. The third-order valence-electron chi connectivity index (χ3n) is 3.02. The first-order chi connectivity index (χ1) is 9.74. The lowest BCUT2D eigenvalue weighted by Gasteiger charge is -2.03. The fraction of sp³-hybridized carbons (Fsp3) is 0. The zero-order valence-electron chi connectivity index (χ0n) is 10.7. The number of hydrogen-bond donors (Lipinski definition) is 0. The molecule has 0 bridgehead atoms. The van der Waals surface area contributed by atoms with Gasteiger partial charge in [-0.05, 0) is 17.7 Å². The summed E-state index contributed by atoms with van der Waals surface area (Å²) in [4.78, 5) is 0. The monoisotopic (exact) mass is 281 g/mol. The van der Waals surface area contributed by atoms with E-state index in [0.717, 1.165) is 22.5 Å².